The van der Waals surface area contributed by atoms with E-state index in [4.69, 9.17) is 14.2 Å². The molecule has 3 aliphatic rings. The number of benzene rings is 1. The zero-order valence-electron chi connectivity index (χ0n) is 17.1. The summed E-state index contributed by atoms with van der Waals surface area (Å²) in [5.41, 5.74) is 0.811. The van der Waals surface area contributed by atoms with Crippen LogP contribution in [-0.4, -0.2) is 80.0 Å². The van der Waals surface area contributed by atoms with Crippen LogP contribution in [0.25, 0.3) is 0 Å². The lowest BCUT2D eigenvalue weighted by Crippen LogP contribution is -2.58. The molecule has 0 N–H and O–H groups in total. The van der Waals surface area contributed by atoms with Crippen LogP contribution >= 0.6 is 0 Å². The molecule has 4 rings (SSSR count). The fourth-order valence-corrected chi connectivity index (χ4v) is 4.52. The average molecular weight is 401 g/mol. The van der Waals surface area contributed by atoms with Gasteiger partial charge in [-0.15, -0.1) is 0 Å². The second-order valence-corrected chi connectivity index (χ2v) is 8.17. The van der Waals surface area contributed by atoms with Crippen LogP contribution in [-0.2, 0) is 25.6 Å². The monoisotopic (exact) mass is 400 g/mol. The summed E-state index contributed by atoms with van der Waals surface area (Å²) in [7, 11) is 0. The van der Waals surface area contributed by atoms with Crippen LogP contribution in [0.2, 0.25) is 0 Å². The Hall–Kier alpha value is -1.73. The molecule has 0 unspecified atom stereocenters. The number of nitrogens with zero attached hydrogens (tertiary/aromatic N) is 2. The fraction of sp³-hybridized carbons (Fsp3) is 0.609. The van der Waals surface area contributed by atoms with E-state index >= 15 is 0 Å². The molecule has 29 heavy (non-hydrogen) atoms. The van der Waals surface area contributed by atoms with E-state index in [1.165, 1.54) is 5.56 Å². The zero-order valence-corrected chi connectivity index (χ0v) is 17.1. The Morgan fingerprint density at radius 3 is 2.76 bits per heavy atom. The highest BCUT2D eigenvalue weighted by atomic mass is 16.6. The smallest absolute Gasteiger partial charge is 0.246 e. The third-order valence-electron chi connectivity index (χ3n) is 6.17. The van der Waals surface area contributed by atoms with Gasteiger partial charge in [-0.3, -0.25) is 9.69 Å². The zero-order chi connectivity index (χ0) is 19.9. The molecule has 6 nitrogen and oxygen atoms in total. The highest BCUT2D eigenvalue weighted by Crippen LogP contribution is 2.37. The number of ether oxygens (including phenoxy) is 3. The highest BCUT2D eigenvalue weighted by molar-refractivity contribution is 5.87. The Labute approximate surface area is 173 Å². The van der Waals surface area contributed by atoms with E-state index in [9.17, 15) is 4.79 Å². The third kappa shape index (κ3) is 5.25. The van der Waals surface area contributed by atoms with Crippen LogP contribution in [0.4, 0.5) is 0 Å². The van der Waals surface area contributed by atoms with Gasteiger partial charge in [0.2, 0.25) is 5.91 Å². The van der Waals surface area contributed by atoms with Crippen molar-refractivity contribution in [1.82, 2.24) is 9.80 Å². The highest BCUT2D eigenvalue weighted by Gasteiger charge is 2.48. The quantitative estimate of drug-likeness (QED) is 0.686. The van der Waals surface area contributed by atoms with E-state index in [1.807, 2.05) is 29.2 Å². The molecule has 0 saturated carbocycles. The first-order valence-corrected chi connectivity index (χ1v) is 10.8. The number of likely N-dealkylation sites (tertiary alicyclic amines) is 1. The van der Waals surface area contributed by atoms with Gasteiger partial charge in [-0.25, -0.2) is 0 Å². The van der Waals surface area contributed by atoms with Crippen molar-refractivity contribution in [3.63, 3.8) is 0 Å². The Morgan fingerprint density at radius 1 is 1.17 bits per heavy atom. The van der Waals surface area contributed by atoms with Gasteiger partial charge in [-0.1, -0.05) is 36.4 Å². The second-order valence-electron chi connectivity index (χ2n) is 8.17. The Kier molecular flexibility index (Phi) is 6.98. The molecule has 1 aromatic rings. The van der Waals surface area contributed by atoms with Gasteiger partial charge in [0.05, 0.1) is 32.5 Å². The number of hydrogen-bond donors (Lipinski definition) is 0. The molecule has 1 spiro atoms. The molecular formula is C23H32N2O4. The first-order chi connectivity index (χ1) is 14.3. The Balaban J connectivity index is 1.32. The number of rotatable bonds is 6. The first kappa shape index (κ1) is 20.5. The summed E-state index contributed by atoms with van der Waals surface area (Å²) in [6, 6.07) is 10.2. The second kappa shape index (κ2) is 9.85. The fourth-order valence-electron chi connectivity index (χ4n) is 4.52. The van der Waals surface area contributed by atoms with E-state index in [-0.39, 0.29) is 17.6 Å². The number of carbonyl (C=O) groups is 1. The number of hydrogen-bond acceptors (Lipinski definition) is 5. The predicted molar refractivity (Wildman–Crippen MR) is 111 cm³/mol. The van der Waals surface area contributed by atoms with Crippen molar-refractivity contribution in [2.45, 2.75) is 37.6 Å². The minimum Gasteiger partial charge on any atom is -0.379 e. The number of morpholine rings is 1. The minimum absolute atomic E-state index is 0.0339. The third-order valence-corrected chi connectivity index (χ3v) is 6.17. The van der Waals surface area contributed by atoms with Gasteiger partial charge in [-0.2, -0.15) is 0 Å². The lowest BCUT2D eigenvalue weighted by Gasteiger charge is -2.45. The minimum atomic E-state index is -0.360. The van der Waals surface area contributed by atoms with Crippen molar-refractivity contribution in [2.24, 2.45) is 0 Å². The van der Waals surface area contributed by atoms with Gasteiger partial charge in [0.15, 0.2) is 0 Å². The van der Waals surface area contributed by atoms with Gasteiger partial charge in [0.1, 0.15) is 5.60 Å². The van der Waals surface area contributed by atoms with Crippen LogP contribution < -0.4 is 0 Å². The summed E-state index contributed by atoms with van der Waals surface area (Å²) < 4.78 is 17.9. The topological polar surface area (TPSA) is 51.2 Å². The molecule has 0 radical (unpaired) electrons. The molecule has 1 aromatic carbocycles. The van der Waals surface area contributed by atoms with Crippen LogP contribution in [0.15, 0.2) is 42.5 Å². The summed E-state index contributed by atoms with van der Waals surface area (Å²) in [4.78, 5) is 17.0. The largest absolute Gasteiger partial charge is 0.379 e. The molecule has 0 aliphatic carbocycles. The Morgan fingerprint density at radius 2 is 2.00 bits per heavy atom. The molecule has 3 aliphatic heterocycles. The molecule has 3 heterocycles. The van der Waals surface area contributed by atoms with Crippen LogP contribution in [0.3, 0.4) is 0 Å². The summed E-state index contributed by atoms with van der Waals surface area (Å²) >= 11 is 0. The van der Waals surface area contributed by atoms with Crippen LogP contribution in [0.5, 0.6) is 0 Å². The molecule has 3 fully saturated rings. The lowest BCUT2D eigenvalue weighted by atomic mass is 9.86. The van der Waals surface area contributed by atoms with Crippen molar-refractivity contribution in [3.8, 4) is 0 Å². The maximum absolute atomic E-state index is 12.8. The number of amides is 1. The molecule has 158 valence electrons. The molecule has 0 bridgehead atoms. The molecule has 1 amide bonds. The van der Waals surface area contributed by atoms with Gasteiger partial charge in [0, 0.05) is 38.9 Å². The van der Waals surface area contributed by atoms with E-state index in [1.54, 1.807) is 6.08 Å². The lowest BCUT2D eigenvalue weighted by molar-refractivity contribution is -0.167. The molecular weight excluding hydrogens is 368 g/mol. The van der Waals surface area contributed by atoms with E-state index in [0.717, 1.165) is 58.7 Å². The normalized spacial score (nSPS) is 28.4. The van der Waals surface area contributed by atoms with Crippen molar-refractivity contribution >= 4 is 5.91 Å². The van der Waals surface area contributed by atoms with Crippen LogP contribution in [0.1, 0.15) is 24.8 Å². The van der Waals surface area contributed by atoms with E-state index in [0.29, 0.717) is 19.7 Å². The van der Waals surface area contributed by atoms with Crippen molar-refractivity contribution in [3.05, 3.63) is 48.0 Å². The summed E-state index contributed by atoms with van der Waals surface area (Å²) in [6.07, 6.45) is 6.53. The van der Waals surface area contributed by atoms with Crippen molar-refractivity contribution < 1.29 is 19.0 Å². The van der Waals surface area contributed by atoms with Gasteiger partial charge in [-0.05, 0) is 24.8 Å². The Bertz CT molecular complexity index is 681. The average Bonchev–Trinajstić information content (AvgIpc) is 3.23. The van der Waals surface area contributed by atoms with E-state index < -0.39 is 0 Å². The molecule has 2 atom stereocenters. The number of carbonyl (C=O) groups excluding carboxylic acids is 1. The van der Waals surface area contributed by atoms with Gasteiger partial charge in [0.25, 0.3) is 0 Å². The van der Waals surface area contributed by atoms with Crippen LogP contribution in [0, 0.1) is 0 Å². The molecule has 3 saturated heterocycles. The van der Waals surface area contributed by atoms with Crippen molar-refractivity contribution in [2.75, 3.05) is 52.5 Å². The maximum atomic E-state index is 12.8. The standard InChI is InChI=1S/C23H32N2O4/c26-22(8-4-11-24-13-16-27-17-14-24)25-12-9-21(23(19-25)10-5-15-29-23)28-18-20-6-2-1-3-7-20/h1-4,6-8,21H,5,9-19H2/t21-,23-/m0/s1. The SMILES string of the molecule is O=C(C=CCN1CCOCC1)N1CC[C@H](OCc2ccccc2)[C@]2(CCCO2)C1. The van der Waals surface area contributed by atoms with Gasteiger partial charge < -0.3 is 19.1 Å². The van der Waals surface area contributed by atoms with Gasteiger partial charge >= 0.3 is 0 Å². The number of piperidine rings is 1. The summed E-state index contributed by atoms with van der Waals surface area (Å²) in [5.74, 6) is 0.0784. The first-order valence-electron chi connectivity index (χ1n) is 10.8. The summed E-state index contributed by atoms with van der Waals surface area (Å²) in [5, 5.41) is 0. The molecule has 0 aromatic heterocycles. The molecule has 6 heteroatoms. The summed E-state index contributed by atoms with van der Waals surface area (Å²) in [6.45, 7) is 6.88. The predicted octanol–water partition coefficient (Wildman–Crippen LogP) is 2.24. The van der Waals surface area contributed by atoms with Crippen molar-refractivity contribution in [1.29, 1.82) is 0 Å². The van der Waals surface area contributed by atoms with E-state index in [2.05, 4.69) is 17.0 Å². The maximum Gasteiger partial charge on any atom is 0.246 e.